The van der Waals surface area contributed by atoms with Crippen LogP contribution in [0.5, 0.6) is 0 Å². The summed E-state index contributed by atoms with van der Waals surface area (Å²) in [5.74, 6) is -4.14. The maximum Gasteiger partial charge on any atom is 0.342 e. The molecule has 0 N–H and O–H groups in total. The Hall–Kier alpha value is -0.650. The largest absolute Gasteiger partial charge is 0.342 e. The molecule has 1 unspecified atom stereocenters. The number of hydrogen-bond acceptors (Lipinski definition) is 1. The van der Waals surface area contributed by atoms with Crippen LogP contribution in [0.1, 0.15) is 26.2 Å². The molecule has 1 fully saturated rings. The van der Waals surface area contributed by atoms with E-state index in [9.17, 15) is 22.0 Å². The third kappa shape index (κ3) is 3.18. The number of alkyl halides is 5. The molecule has 1 aliphatic rings. The molecule has 1 rings (SSSR count). The molecule has 1 saturated heterocycles. The highest BCUT2D eigenvalue weighted by molar-refractivity contribution is 5.02. The Morgan fingerprint density at radius 2 is 1.59 bits per heavy atom. The van der Waals surface area contributed by atoms with Crippen molar-refractivity contribution in [3.05, 3.63) is 12.2 Å². The fraction of sp³-hybridized carbons (Fsp3) is 0.818. The first-order valence-corrected chi connectivity index (χ1v) is 5.61. The molecule has 0 aromatic heterocycles. The zero-order valence-electron chi connectivity index (χ0n) is 9.60. The number of allylic oxidation sites excluding steroid dienone is 2. The van der Waals surface area contributed by atoms with E-state index in [0.29, 0.717) is 17.7 Å². The maximum atomic E-state index is 13.6. The van der Waals surface area contributed by atoms with Gasteiger partial charge in [-0.05, 0) is 25.8 Å². The van der Waals surface area contributed by atoms with Crippen molar-refractivity contribution in [3.63, 3.8) is 0 Å². The molecule has 0 amide bonds. The van der Waals surface area contributed by atoms with Crippen LogP contribution in [0.15, 0.2) is 12.2 Å². The molecular weight excluding hydrogens is 241 g/mol. The smallest absolute Gasteiger partial charge is 0.242 e. The minimum absolute atomic E-state index is 0.0423. The van der Waals surface area contributed by atoms with Crippen molar-refractivity contribution in [2.75, 3.05) is 13.1 Å². The molecule has 1 heterocycles. The number of hydrogen-bond donors (Lipinski definition) is 0. The van der Waals surface area contributed by atoms with Gasteiger partial charge in [-0.25, -0.2) is 9.29 Å². The van der Waals surface area contributed by atoms with Crippen molar-refractivity contribution in [1.29, 1.82) is 0 Å². The molecule has 0 spiro atoms. The Balaban J connectivity index is 2.80. The van der Waals surface area contributed by atoms with E-state index >= 15 is 0 Å². The third-order valence-corrected chi connectivity index (χ3v) is 2.81. The Morgan fingerprint density at radius 3 is 2.06 bits per heavy atom. The van der Waals surface area contributed by atoms with Crippen LogP contribution in [-0.2, 0) is 0 Å². The highest BCUT2D eigenvalue weighted by Crippen LogP contribution is 2.38. The summed E-state index contributed by atoms with van der Waals surface area (Å²) in [5.41, 5.74) is 0. The van der Waals surface area contributed by atoms with E-state index in [0.717, 1.165) is 12.5 Å². The summed E-state index contributed by atoms with van der Waals surface area (Å²) in [5, 5.41) is 0. The lowest BCUT2D eigenvalue weighted by Crippen LogP contribution is -2.55. The summed E-state index contributed by atoms with van der Waals surface area (Å²) in [6.45, 7) is 1.15. The molecule has 1 nitrogen and oxygen atoms in total. The maximum absolute atomic E-state index is 13.6. The lowest BCUT2D eigenvalue weighted by molar-refractivity contribution is -0.240. The van der Waals surface area contributed by atoms with Crippen molar-refractivity contribution in [2.45, 2.75) is 44.3 Å². The Bertz CT molecular complexity index is 271. The quantitative estimate of drug-likeness (QED) is 0.422. The predicted molar refractivity (Wildman–Crippen MR) is 55.0 cm³/mol. The lowest BCUT2D eigenvalue weighted by atomic mass is 10.1. The van der Waals surface area contributed by atoms with E-state index in [-0.39, 0.29) is 19.2 Å². The summed E-state index contributed by atoms with van der Waals surface area (Å²) in [6, 6.07) is -4.12. The second kappa shape index (κ2) is 5.33. The van der Waals surface area contributed by atoms with Gasteiger partial charge in [-0.3, -0.25) is 0 Å². The van der Waals surface area contributed by atoms with Crippen LogP contribution in [0, 0.1) is 0 Å². The molecule has 0 aliphatic carbocycles. The highest BCUT2D eigenvalue weighted by Gasteiger charge is 2.57. The summed E-state index contributed by atoms with van der Waals surface area (Å²) >= 11 is 0. The number of rotatable bonds is 4. The summed E-state index contributed by atoms with van der Waals surface area (Å²) in [7, 11) is 0. The van der Waals surface area contributed by atoms with E-state index in [1.807, 2.05) is 0 Å². The second-order valence-electron chi connectivity index (χ2n) is 4.17. The normalized spacial score (nSPS) is 22.0. The standard InChI is InChI=1S/C11H16F5N/c1-2-6-10(13,14)9(12)11(15,16)17-7-4-3-5-8-17/h2,6,9H,3-5,7-8H2,1H3/b6-2-. The third-order valence-electron chi connectivity index (χ3n) is 2.81. The molecule has 17 heavy (non-hydrogen) atoms. The first-order valence-electron chi connectivity index (χ1n) is 5.61. The van der Waals surface area contributed by atoms with Crippen LogP contribution in [0.25, 0.3) is 0 Å². The first-order chi connectivity index (χ1) is 7.82. The zero-order valence-corrected chi connectivity index (χ0v) is 9.60. The topological polar surface area (TPSA) is 3.24 Å². The SMILES string of the molecule is C/C=C\C(F)(F)C(F)C(F)(F)N1CCCCC1. The fourth-order valence-corrected chi connectivity index (χ4v) is 1.89. The minimum atomic E-state index is -4.14. The Labute approximate surface area is 97.3 Å². The van der Waals surface area contributed by atoms with Crippen LogP contribution in [0.3, 0.4) is 0 Å². The van der Waals surface area contributed by atoms with Crippen molar-refractivity contribution >= 4 is 0 Å². The van der Waals surface area contributed by atoms with Gasteiger partial charge in [0, 0.05) is 13.1 Å². The molecule has 0 saturated carbocycles. The van der Waals surface area contributed by atoms with Crippen molar-refractivity contribution in [2.24, 2.45) is 0 Å². The summed E-state index contributed by atoms with van der Waals surface area (Å²) < 4.78 is 66.7. The van der Waals surface area contributed by atoms with E-state index < -0.39 is 18.1 Å². The van der Waals surface area contributed by atoms with Gasteiger partial charge in [0.05, 0.1) is 0 Å². The molecule has 0 bridgehead atoms. The molecule has 1 aliphatic heterocycles. The molecule has 100 valence electrons. The van der Waals surface area contributed by atoms with Gasteiger partial charge < -0.3 is 0 Å². The fourth-order valence-electron chi connectivity index (χ4n) is 1.89. The molecule has 0 radical (unpaired) electrons. The van der Waals surface area contributed by atoms with E-state index in [1.165, 1.54) is 6.92 Å². The van der Waals surface area contributed by atoms with Crippen LogP contribution >= 0.6 is 0 Å². The number of halogens is 5. The van der Waals surface area contributed by atoms with Crippen molar-refractivity contribution < 1.29 is 22.0 Å². The van der Waals surface area contributed by atoms with Gasteiger partial charge in [-0.2, -0.15) is 17.6 Å². The van der Waals surface area contributed by atoms with E-state index in [1.54, 1.807) is 0 Å². The predicted octanol–water partition coefficient (Wildman–Crippen LogP) is 3.61. The highest BCUT2D eigenvalue weighted by atomic mass is 19.3. The molecule has 6 heteroatoms. The number of likely N-dealkylation sites (tertiary alicyclic amines) is 1. The number of nitrogens with zero attached hydrogens (tertiary/aromatic N) is 1. The van der Waals surface area contributed by atoms with Crippen LogP contribution in [-0.4, -0.2) is 36.1 Å². The van der Waals surface area contributed by atoms with Gasteiger partial charge in [0.1, 0.15) is 0 Å². The van der Waals surface area contributed by atoms with Gasteiger partial charge in [-0.1, -0.05) is 12.5 Å². The zero-order chi connectivity index (χ0) is 13.1. The Kier molecular flexibility index (Phi) is 4.52. The summed E-state index contributed by atoms with van der Waals surface area (Å²) in [6.07, 6.45) is -0.720. The molecule has 0 aromatic carbocycles. The average Bonchev–Trinajstić information content (AvgIpc) is 2.29. The van der Waals surface area contributed by atoms with E-state index in [4.69, 9.17) is 0 Å². The van der Waals surface area contributed by atoms with Crippen molar-refractivity contribution in [1.82, 2.24) is 4.90 Å². The lowest BCUT2D eigenvalue weighted by Gasteiger charge is -2.37. The summed E-state index contributed by atoms with van der Waals surface area (Å²) in [4.78, 5) is 0.512. The van der Waals surface area contributed by atoms with Gasteiger partial charge in [0.2, 0.25) is 6.17 Å². The minimum Gasteiger partial charge on any atom is -0.242 e. The number of piperidine rings is 1. The van der Waals surface area contributed by atoms with Crippen LogP contribution in [0.4, 0.5) is 22.0 Å². The second-order valence-corrected chi connectivity index (χ2v) is 4.17. The van der Waals surface area contributed by atoms with Crippen LogP contribution in [0.2, 0.25) is 0 Å². The van der Waals surface area contributed by atoms with Gasteiger partial charge in [0.25, 0.3) is 0 Å². The average molecular weight is 257 g/mol. The molecular formula is C11H16F5N. The van der Waals surface area contributed by atoms with Crippen molar-refractivity contribution in [3.8, 4) is 0 Å². The Morgan fingerprint density at radius 1 is 1.06 bits per heavy atom. The first kappa shape index (κ1) is 14.4. The van der Waals surface area contributed by atoms with Gasteiger partial charge >= 0.3 is 12.0 Å². The van der Waals surface area contributed by atoms with Gasteiger partial charge in [0.15, 0.2) is 0 Å². The van der Waals surface area contributed by atoms with E-state index in [2.05, 4.69) is 0 Å². The monoisotopic (exact) mass is 257 g/mol. The molecule has 1 atom stereocenters. The molecule has 0 aromatic rings. The van der Waals surface area contributed by atoms with Gasteiger partial charge in [-0.15, -0.1) is 0 Å². The van der Waals surface area contributed by atoms with Crippen LogP contribution < -0.4 is 0 Å².